The predicted molar refractivity (Wildman–Crippen MR) is 127 cm³/mol. The number of para-hydroxylation sites is 1. The van der Waals surface area contributed by atoms with Gasteiger partial charge in [0.15, 0.2) is 5.82 Å². The van der Waals surface area contributed by atoms with Crippen molar-refractivity contribution in [1.29, 1.82) is 0 Å². The van der Waals surface area contributed by atoms with Gasteiger partial charge in [0.05, 0.1) is 18.3 Å². The van der Waals surface area contributed by atoms with Crippen LogP contribution in [0.2, 0.25) is 5.02 Å². The van der Waals surface area contributed by atoms with Gasteiger partial charge in [0.2, 0.25) is 0 Å². The summed E-state index contributed by atoms with van der Waals surface area (Å²) < 4.78 is 19.5. The minimum absolute atomic E-state index is 0.190. The van der Waals surface area contributed by atoms with Crippen molar-refractivity contribution in [2.45, 2.75) is 0 Å². The number of rotatable bonds is 4. The molecule has 7 heteroatoms. The van der Waals surface area contributed by atoms with E-state index in [-0.39, 0.29) is 5.82 Å². The van der Waals surface area contributed by atoms with Crippen molar-refractivity contribution in [2.24, 2.45) is 0 Å². The van der Waals surface area contributed by atoms with Crippen molar-refractivity contribution in [1.82, 2.24) is 9.97 Å². The van der Waals surface area contributed by atoms with Crippen LogP contribution in [-0.4, -0.2) is 43.3 Å². The average Bonchev–Trinajstić information content (AvgIpc) is 2.83. The lowest BCUT2D eigenvalue weighted by atomic mass is 10.1. The number of fused-ring (bicyclic) bond motifs is 1. The second kappa shape index (κ2) is 8.63. The number of hydrogen-bond donors (Lipinski definition) is 0. The van der Waals surface area contributed by atoms with Crippen LogP contribution < -0.4 is 14.5 Å². The molecule has 0 spiro atoms. The molecular weight excluding hydrogens is 427 g/mol. The van der Waals surface area contributed by atoms with Crippen molar-refractivity contribution in [3.8, 4) is 17.1 Å². The van der Waals surface area contributed by atoms with Gasteiger partial charge in [0.25, 0.3) is 0 Å². The maximum Gasteiger partial charge on any atom is 0.162 e. The zero-order chi connectivity index (χ0) is 22.1. The molecule has 1 fully saturated rings. The van der Waals surface area contributed by atoms with Gasteiger partial charge < -0.3 is 14.5 Å². The highest BCUT2D eigenvalue weighted by Crippen LogP contribution is 2.31. The third-order valence-corrected chi connectivity index (χ3v) is 5.99. The Balaban J connectivity index is 1.49. The Hall–Kier alpha value is -3.38. The van der Waals surface area contributed by atoms with Crippen LogP contribution in [0.25, 0.3) is 22.3 Å². The summed E-state index contributed by atoms with van der Waals surface area (Å²) in [5, 5.41) is 1.58. The molecule has 0 atom stereocenters. The van der Waals surface area contributed by atoms with Crippen LogP contribution in [0.1, 0.15) is 0 Å². The summed E-state index contributed by atoms with van der Waals surface area (Å²) >= 11 is 6.26. The fourth-order valence-corrected chi connectivity index (χ4v) is 4.23. The Bertz CT molecular complexity index is 1260. The molecule has 1 aromatic heterocycles. The number of hydrogen-bond acceptors (Lipinski definition) is 5. The molecule has 162 valence electrons. The normalized spacial score (nSPS) is 14.1. The van der Waals surface area contributed by atoms with E-state index < -0.39 is 0 Å². The number of ether oxygens (including phenoxy) is 1. The van der Waals surface area contributed by atoms with Gasteiger partial charge in [-0.2, -0.15) is 0 Å². The number of methoxy groups -OCH3 is 1. The molecule has 1 aliphatic heterocycles. The lowest BCUT2D eigenvalue weighted by molar-refractivity contribution is 0.415. The number of piperazine rings is 1. The number of anilines is 2. The first-order chi connectivity index (χ1) is 15.6. The molecule has 0 radical (unpaired) electrons. The summed E-state index contributed by atoms with van der Waals surface area (Å²) in [6.45, 7) is 2.87. The van der Waals surface area contributed by atoms with Crippen LogP contribution in [0, 0.1) is 5.82 Å². The van der Waals surface area contributed by atoms with Gasteiger partial charge in [-0.15, -0.1) is 0 Å². The van der Waals surface area contributed by atoms with Crippen molar-refractivity contribution in [2.75, 3.05) is 43.1 Å². The summed E-state index contributed by atoms with van der Waals surface area (Å²) in [5.74, 6) is 2.09. The summed E-state index contributed by atoms with van der Waals surface area (Å²) in [6.07, 6.45) is 0. The maximum atomic E-state index is 14.2. The Kier molecular flexibility index (Phi) is 5.53. The van der Waals surface area contributed by atoms with Crippen LogP contribution in [0.4, 0.5) is 15.9 Å². The van der Waals surface area contributed by atoms with Crippen LogP contribution in [0.5, 0.6) is 5.75 Å². The zero-order valence-electron chi connectivity index (χ0n) is 17.6. The zero-order valence-corrected chi connectivity index (χ0v) is 18.4. The molecule has 5 nitrogen and oxygen atoms in total. The topological polar surface area (TPSA) is 41.5 Å². The quantitative estimate of drug-likeness (QED) is 0.416. The Morgan fingerprint density at radius 1 is 0.875 bits per heavy atom. The van der Waals surface area contributed by atoms with Gasteiger partial charge in [-0.05, 0) is 54.6 Å². The second-order valence-electron chi connectivity index (χ2n) is 7.69. The van der Waals surface area contributed by atoms with E-state index in [0.29, 0.717) is 29.6 Å². The molecule has 0 amide bonds. The van der Waals surface area contributed by atoms with Crippen molar-refractivity contribution < 1.29 is 9.13 Å². The first kappa shape index (κ1) is 20.5. The highest BCUT2D eigenvalue weighted by Gasteiger charge is 2.23. The largest absolute Gasteiger partial charge is 0.497 e. The lowest BCUT2D eigenvalue weighted by Crippen LogP contribution is -2.47. The van der Waals surface area contributed by atoms with Crippen molar-refractivity contribution >= 4 is 34.0 Å². The van der Waals surface area contributed by atoms with E-state index in [1.165, 1.54) is 6.07 Å². The van der Waals surface area contributed by atoms with Crippen LogP contribution in [0.15, 0.2) is 66.7 Å². The first-order valence-corrected chi connectivity index (χ1v) is 10.9. The molecule has 32 heavy (non-hydrogen) atoms. The summed E-state index contributed by atoms with van der Waals surface area (Å²) in [5.41, 5.74) is 2.34. The van der Waals surface area contributed by atoms with Crippen molar-refractivity contribution in [3.05, 3.63) is 77.6 Å². The number of nitrogens with zero attached hydrogens (tertiary/aromatic N) is 4. The number of halogens is 2. The monoisotopic (exact) mass is 448 g/mol. The van der Waals surface area contributed by atoms with E-state index in [4.69, 9.17) is 26.3 Å². The third-order valence-electron chi connectivity index (χ3n) is 5.76. The Labute approximate surface area is 191 Å². The summed E-state index contributed by atoms with van der Waals surface area (Å²) in [6, 6.07) is 20.3. The standard InChI is InChI=1S/C25H22ClFN4O/c1-32-19-9-6-17(7-10-19)24-28-22-16-18(26)8-11-20(22)25(29-24)31-14-12-30(13-15-31)23-5-3-2-4-21(23)27/h2-11,16H,12-15H2,1H3. The maximum absolute atomic E-state index is 14.2. The van der Waals surface area contributed by atoms with Crippen LogP contribution >= 0.6 is 11.6 Å². The fraction of sp³-hybridized carbons (Fsp3) is 0.200. The van der Waals surface area contributed by atoms with Gasteiger partial charge in [-0.3, -0.25) is 0 Å². The molecule has 0 aliphatic carbocycles. The first-order valence-electron chi connectivity index (χ1n) is 10.5. The molecule has 2 heterocycles. The second-order valence-corrected chi connectivity index (χ2v) is 8.12. The molecule has 1 saturated heterocycles. The van der Waals surface area contributed by atoms with Crippen LogP contribution in [-0.2, 0) is 0 Å². The van der Waals surface area contributed by atoms with Gasteiger partial charge >= 0.3 is 0 Å². The molecule has 5 rings (SSSR count). The van der Waals surface area contributed by atoms with Gasteiger partial charge in [-0.25, -0.2) is 14.4 Å². The Morgan fingerprint density at radius 2 is 1.59 bits per heavy atom. The lowest BCUT2D eigenvalue weighted by Gasteiger charge is -2.37. The minimum atomic E-state index is -0.190. The SMILES string of the molecule is COc1ccc(-c2nc(N3CCN(c4ccccc4F)CC3)c3ccc(Cl)cc3n2)cc1. The number of benzene rings is 3. The molecule has 4 aromatic rings. The van der Waals surface area contributed by atoms with Gasteiger partial charge in [-0.1, -0.05) is 23.7 Å². The molecule has 0 N–H and O–H groups in total. The summed E-state index contributed by atoms with van der Waals surface area (Å²) in [7, 11) is 1.64. The van der Waals surface area contributed by atoms with E-state index in [1.807, 2.05) is 54.6 Å². The van der Waals surface area contributed by atoms with E-state index in [0.717, 1.165) is 41.1 Å². The van der Waals surface area contributed by atoms with Crippen LogP contribution in [0.3, 0.4) is 0 Å². The molecule has 0 saturated carbocycles. The van der Waals surface area contributed by atoms with E-state index in [9.17, 15) is 4.39 Å². The van der Waals surface area contributed by atoms with Crippen molar-refractivity contribution in [3.63, 3.8) is 0 Å². The number of aromatic nitrogens is 2. The minimum Gasteiger partial charge on any atom is -0.497 e. The Morgan fingerprint density at radius 3 is 2.31 bits per heavy atom. The third kappa shape index (κ3) is 3.94. The smallest absolute Gasteiger partial charge is 0.162 e. The highest BCUT2D eigenvalue weighted by atomic mass is 35.5. The highest BCUT2D eigenvalue weighted by molar-refractivity contribution is 6.31. The van der Waals surface area contributed by atoms with Gasteiger partial charge in [0, 0.05) is 42.2 Å². The van der Waals surface area contributed by atoms with E-state index >= 15 is 0 Å². The predicted octanol–water partition coefficient (Wildman–Crippen LogP) is 5.42. The molecule has 0 unspecified atom stereocenters. The molecular formula is C25H22ClFN4O. The van der Waals surface area contributed by atoms with E-state index in [1.54, 1.807) is 13.2 Å². The summed E-state index contributed by atoms with van der Waals surface area (Å²) in [4.78, 5) is 14.0. The molecule has 0 bridgehead atoms. The van der Waals surface area contributed by atoms with E-state index in [2.05, 4.69) is 9.80 Å². The fourth-order valence-electron chi connectivity index (χ4n) is 4.06. The average molecular weight is 449 g/mol. The molecule has 3 aromatic carbocycles. The van der Waals surface area contributed by atoms with Gasteiger partial charge in [0.1, 0.15) is 17.4 Å². The molecule has 1 aliphatic rings.